The number of rotatable bonds is 4. The third-order valence-corrected chi connectivity index (χ3v) is 6.44. The number of aromatic nitrogens is 5. The van der Waals surface area contributed by atoms with Crippen LogP contribution in [0.25, 0.3) is 27.6 Å². The highest BCUT2D eigenvalue weighted by molar-refractivity contribution is 6.02. The summed E-state index contributed by atoms with van der Waals surface area (Å²) in [7, 11) is 4.02. The van der Waals surface area contributed by atoms with Gasteiger partial charge in [0, 0.05) is 20.3 Å². The van der Waals surface area contributed by atoms with Crippen molar-refractivity contribution in [1.82, 2.24) is 24.7 Å². The fraction of sp³-hybridized carbons (Fsp3) is 0.231. The number of hydrogen-bond acceptors (Lipinski definition) is 7. The minimum Gasteiger partial charge on any atom is -0.485 e. The van der Waals surface area contributed by atoms with Gasteiger partial charge in [0.25, 0.3) is 5.56 Å². The molecule has 6 rings (SSSR count). The van der Waals surface area contributed by atoms with Crippen molar-refractivity contribution in [1.29, 1.82) is 0 Å². The van der Waals surface area contributed by atoms with Crippen molar-refractivity contribution in [2.45, 2.75) is 13.0 Å². The molecule has 0 bridgehead atoms. The Hall–Kier alpha value is -4.40. The largest absolute Gasteiger partial charge is 0.485 e. The van der Waals surface area contributed by atoms with Crippen molar-refractivity contribution in [3.05, 3.63) is 76.8 Å². The number of hydrogen-bond donors (Lipinski definition) is 1. The van der Waals surface area contributed by atoms with E-state index in [0.717, 1.165) is 29.1 Å². The summed E-state index contributed by atoms with van der Waals surface area (Å²) in [6.07, 6.45) is 3.23. The summed E-state index contributed by atoms with van der Waals surface area (Å²) < 4.78 is 7.91. The molecule has 9 heteroatoms. The number of nitrogens with zero attached hydrogens (tertiary/aromatic N) is 6. The molecular weight excluding hydrogens is 442 g/mol. The second-order valence-corrected chi connectivity index (χ2v) is 9.01. The first-order valence-electron chi connectivity index (χ1n) is 11.5. The van der Waals surface area contributed by atoms with Gasteiger partial charge >= 0.3 is 0 Å². The van der Waals surface area contributed by atoms with Gasteiger partial charge in [0.05, 0.1) is 47.0 Å². The average molecular weight is 468 g/mol. The Morgan fingerprint density at radius 2 is 1.97 bits per heavy atom. The molecule has 0 unspecified atom stereocenters. The molecule has 0 amide bonds. The second-order valence-electron chi connectivity index (χ2n) is 9.01. The molecule has 3 aromatic heterocycles. The van der Waals surface area contributed by atoms with Crippen molar-refractivity contribution in [3.63, 3.8) is 0 Å². The summed E-state index contributed by atoms with van der Waals surface area (Å²) in [5.41, 5.74) is 4.02. The van der Waals surface area contributed by atoms with Gasteiger partial charge in [-0.15, -0.1) is 0 Å². The van der Waals surface area contributed by atoms with Gasteiger partial charge < -0.3 is 14.5 Å². The van der Waals surface area contributed by atoms with E-state index < -0.39 is 0 Å². The monoisotopic (exact) mass is 467 g/mol. The normalized spacial score (nSPS) is 15.3. The molecule has 0 aliphatic carbocycles. The smallest absolute Gasteiger partial charge is 0.267 e. The number of pyridine rings is 1. The maximum absolute atomic E-state index is 13.4. The summed E-state index contributed by atoms with van der Waals surface area (Å²) in [5.74, 6) is 1.39. The van der Waals surface area contributed by atoms with Gasteiger partial charge in [0.2, 0.25) is 5.95 Å². The lowest BCUT2D eigenvalue weighted by molar-refractivity contribution is 0.201. The highest BCUT2D eigenvalue weighted by Gasteiger charge is 2.26. The molecule has 0 saturated heterocycles. The van der Waals surface area contributed by atoms with E-state index in [9.17, 15) is 4.79 Å². The first-order chi connectivity index (χ1) is 17.0. The highest BCUT2D eigenvalue weighted by atomic mass is 16.5. The Kier molecular flexibility index (Phi) is 4.91. The summed E-state index contributed by atoms with van der Waals surface area (Å²) >= 11 is 0. The molecule has 0 saturated carbocycles. The molecule has 0 spiro atoms. The van der Waals surface area contributed by atoms with Crippen molar-refractivity contribution >= 4 is 33.6 Å². The van der Waals surface area contributed by atoms with E-state index in [-0.39, 0.29) is 11.7 Å². The van der Waals surface area contributed by atoms with Crippen LogP contribution in [0, 0.1) is 6.92 Å². The molecule has 1 aliphatic rings. The molecule has 1 N–H and O–H groups in total. The number of benzene rings is 2. The predicted molar refractivity (Wildman–Crippen MR) is 137 cm³/mol. The van der Waals surface area contributed by atoms with Gasteiger partial charge in [-0.05, 0) is 36.8 Å². The van der Waals surface area contributed by atoms with E-state index in [4.69, 9.17) is 9.72 Å². The summed E-state index contributed by atoms with van der Waals surface area (Å²) in [5, 5.41) is 8.25. The van der Waals surface area contributed by atoms with E-state index in [1.807, 2.05) is 48.3 Å². The Labute approximate surface area is 201 Å². The van der Waals surface area contributed by atoms with E-state index in [2.05, 4.69) is 46.2 Å². The molecule has 4 heterocycles. The third kappa shape index (κ3) is 3.56. The molecule has 35 heavy (non-hydrogen) atoms. The van der Waals surface area contributed by atoms with E-state index in [0.29, 0.717) is 29.0 Å². The fourth-order valence-corrected chi connectivity index (χ4v) is 4.71. The SMILES string of the molecule is Cc1ccc2c(c1)N(C)C[C@H](CN(C)c1ncc3c4[nH]ncc4c(=O)n(-c4ccccc4)c3n1)O2. The minimum absolute atomic E-state index is 0.0640. The number of anilines is 2. The molecule has 0 radical (unpaired) electrons. The van der Waals surface area contributed by atoms with Crippen molar-refractivity contribution < 1.29 is 4.74 Å². The molecule has 0 fully saturated rings. The van der Waals surface area contributed by atoms with Crippen LogP contribution in [0.15, 0.2) is 65.7 Å². The van der Waals surface area contributed by atoms with Gasteiger partial charge in [0.15, 0.2) is 5.65 Å². The van der Waals surface area contributed by atoms with E-state index in [1.165, 1.54) is 5.56 Å². The number of nitrogens with one attached hydrogen (secondary N) is 1. The van der Waals surface area contributed by atoms with Crippen molar-refractivity contribution in [3.8, 4) is 11.4 Å². The van der Waals surface area contributed by atoms with Crippen molar-refractivity contribution in [2.75, 3.05) is 37.0 Å². The topological polar surface area (TPSA) is 92.2 Å². The van der Waals surface area contributed by atoms with E-state index in [1.54, 1.807) is 17.0 Å². The van der Waals surface area contributed by atoms with Crippen LogP contribution in [0.2, 0.25) is 0 Å². The summed E-state index contributed by atoms with van der Waals surface area (Å²) in [4.78, 5) is 27.0. The summed E-state index contributed by atoms with van der Waals surface area (Å²) in [6, 6.07) is 15.7. The molecule has 1 aliphatic heterocycles. The van der Waals surface area contributed by atoms with Crippen LogP contribution in [0.1, 0.15) is 5.56 Å². The number of fused-ring (bicyclic) bond motifs is 4. The van der Waals surface area contributed by atoms with Crippen LogP contribution in [0.3, 0.4) is 0 Å². The van der Waals surface area contributed by atoms with Crippen molar-refractivity contribution in [2.24, 2.45) is 0 Å². The highest BCUT2D eigenvalue weighted by Crippen LogP contribution is 2.33. The molecule has 176 valence electrons. The Morgan fingerprint density at radius 1 is 1.14 bits per heavy atom. The van der Waals surface area contributed by atoms with Crippen LogP contribution in [-0.2, 0) is 0 Å². The van der Waals surface area contributed by atoms with Gasteiger partial charge in [-0.1, -0.05) is 24.3 Å². The Bertz CT molecular complexity index is 1610. The van der Waals surface area contributed by atoms with Gasteiger partial charge in [-0.25, -0.2) is 4.98 Å². The third-order valence-electron chi connectivity index (χ3n) is 6.44. The van der Waals surface area contributed by atoms with Crippen LogP contribution in [-0.4, -0.2) is 58.0 Å². The average Bonchev–Trinajstić information content (AvgIpc) is 3.36. The summed E-state index contributed by atoms with van der Waals surface area (Å²) in [6.45, 7) is 3.42. The van der Waals surface area contributed by atoms with Crippen LogP contribution in [0.4, 0.5) is 11.6 Å². The standard InChI is InChI=1S/C26H25N7O2/c1-16-9-10-22-21(11-16)31(2)14-18(35-22)15-32(3)26-27-12-19-23-20(13-28-30-23)25(34)33(24(19)29-26)17-7-5-4-6-8-17/h4-13,18H,14-15H2,1-3H3,(H,28,30)/t18-/m1/s1. The number of likely N-dealkylation sites (N-methyl/N-ethyl adjacent to an activating group) is 2. The number of ether oxygens (including phenoxy) is 1. The maximum atomic E-state index is 13.4. The quantitative estimate of drug-likeness (QED) is 0.434. The Morgan fingerprint density at radius 3 is 2.80 bits per heavy atom. The van der Waals surface area contributed by atoms with Crippen LogP contribution >= 0.6 is 0 Å². The lowest BCUT2D eigenvalue weighted by atomic mass is 10.1. The maximum Gasteiger partial charge on any atom is 0.267 e. The predicted octanol–water partition coefficient (Wildman–Crippen LogP) is 3.30. The zero-order valence-corrected chi connectivity index (χ0v) is 19.8. The molecule has 2 aromatic carbocycles. The number of para-hydroxylation sites is 1. The number of aryl methyl sites for hydroxylation is 1. The van der Waals surface area contributed by atoms with Gasteiger partial charge in [-0.2, -0.15) is 10.1 Å². The second kappa shape index (κ2) is 8.12. The van der Waals surface area contributed by atoms with Crippen LogP contribution < -0.4 is 20.1 Å². The zero-order chi connectivity index (χ0) is 24.1. The Balaban J connectivity index is 1.39. The molecule has 1 atom stereocenters. The van der Waals surface area contributed by atoms with Crippen LogP contribution in [0.5, 0.6) is 5.75 Å². The first kappa shape index (κ1) is 21.2. The lowest BCUT2D eigenvalue weighted by Crippen LogP contribution is -2.44. The van der Waals surface area contributed by atoms with Gasteiger partial charge in [0.1, 0.15) is 11.9 Å². The van der Waals surface area contributed by atoms with E-state index >= 15 is 0 Å². The number of H-pyrrole nitrogens is 1. The first-order valence-corrected chi connectivity index (χ1v) is 11.5. The number of aromatic amines is 1. The molecular formula is C26H25N7O2. The molecule has 9 nitrogen and oxygen atoms in total. The fourth-order valence-electron chi connectivity index (χ4n) is 4.71. The van der Waals surface area contributed by atoms with Gasteiger partial charge in [-0.3, -0.25) is 14.5 Å². The molecule has 5 aromatic rings. The lowest BCUT2D eigenvalue weighted by Gasteiger charge is -2.35. The zero-order valence-electron chi connectivity index (χ0n) is 19.8. The minimum atomic E-state index is -0.177.